The second-order valence-electron chi connectivity index (χ2n) is 6.95. The fourth-order valence-electron chi connectivity index (χ4n) is 3.18. The molecule has 0 spiro atoms. The molecule has 0 bridgehead atoms. The van der Waals surface area contributed by atoms with Crippen molar-refractivity contribution in [2.75, 3.05) is 45.9 Å². The van der Waals surface area contributed by atoms with Gasteiger partial charge >= 0.3 is 6.03 Å². The Morgan fingerprint density at radius 3 is 2.50 bits per heavy atom. The van der Waals surface area contributed by atoms with Crippen LogP contribution in [0.3, 0.4) is 0 Å². The summed E-state index contributed by atoms with van der Waals surface area (Å²) in [7, 11) is 0. The van der Waals surface area contributed by atoms with Crippen molar-refractivity contribution in [2.45, 2.75) is 6.92 Å². The lowest BCUT2D eigenvalue weighted by molar-refractivity contribution is 0.145. The molecule has 1 N–H and O–H groups in total. The minimum absolute atomic E-state index is 0.00661. The molecule has 1 heterocycles. The van der Waals surface area contributed by atoms with Gasteiger partial charge in [0, 0.05) is 32.7 Å². The number of hydrogen-bond donors (Lipinski definition) is 1. The molecule has 2 amide bonds. The number of urea groups is 1. The Morgan fingerprint density at radius 2 is 1.75 bits per heavy atom. The average molecular weight is 380 g/mol. The highest BCUT2D eigenvalue weighted by Crippen LogP contribution is 2.15. The van der Waals surface area contributed by atoms with Crippen LogP contribution >= 0.6 is 0 Å². The van der Waals surface area contributed by atoms with E-state index >= 15 is 0 Å². The number of amides is 2. The van der Waals surface area contributed by atoms with Gasteiger partial charge in [-0.2, -0.15) is 0 Å². The predicted molar refractivity (Wildman–Crippen MR) is 114 cm³/mol. The predicted octanol–water partition coefficient (Wildman–Crippen LogP) is 3.41. The molecule has 0 unspecified atom stereocenters. The van der Waals surface area contributed by atoms with E-state index in [2.05, 4.69) is 34.5 Å². The standard InChI is InChI=1S/C23H29N3O2/c1-20-8-5-6-12-22(20)28-19-13-24-23(27)26-17-15-25(16-18-26)14-7-11-21-9-3-2-4-10-21/h2-12H,13-19H2,1H3,(H,24,27)/b11-7+. The van der Waals surface area contributed by atoms with Gasteiger partial charge in [-0.1, -0.05) is 60.7 Å². The van der Waals surface area contributed by atoms with Gasteiger partial charge in [0.05, 0.1) is 6.54 Å². The third-order valence-corrected chi connectivity index (χ3v) is 4.86. The second-order valence-corrected chi connectivity index (χ2v) is 6.95. The zero-order chi connectivity index (χ0) is 19.6. The minimum atomic E-state index is -0.00661. The number of benzene rings is 2. The number of nitrogens with zero attached hydrogens (tertiary/aromatic N) is 2. The van der Waals surface area contributed by atoms with E-state index in [4.69, 9.17) is 4.74 Å². The molecule has 0 saturated carbocycles. The normalized spacial score (nSPS) is 15.0. The van der Waals surface area contributed by atoms with Crippen LogP contribution in [0, 0.1) is 6.92 Å². The summed E-state index contributed by atoms with van der Waals surface area (Å²) in [6.07, 6.45) is 4.33. The van der Waals surface area contributed by atoms with Crippen LogP contribution in [0.15, 0.2) is 60.7 Å². The highest BCUT2D eigenvalue weighted by atomic mass is 16.5. The number of hydrogen-bond acceptors (Lipinski definition) is 3. The van der Waals surface area contributed by atoms with Crippen LogP contribution in [0.25, 0.3) is 6.08 Å². The number of ether oxygens (including phenoxy) is 1. The maximum atomic E-state index is 12.3. The van der Waals surface area contributed by atoms with Crippen molar-refractivity contribution in [3.8, 4) is 5.75 Å². The van der Waals surface area contributed by atoms with Crippen LogP contribution in [0.4, 0.5) is 4.79 Å². The van der Waals surface area contributed by atoms with E-state index in [0.29, 0.717) is 13.2 Å². The molecule has 1 aliphatic rings. The topological polar surface area (TPSA) is 44.8 Å². The van der Waals surface area contributed by atoms with Gasteiger partial charge in [0.1, 0.15) is 12.4 Å². The molecular formula is C23H29N3O2. The van der Waals surface area contributed by atoms with E-state index in [0.717, 1.165) is 44.0 Å². The van der Waals surface area contributed by atoms with Gasteiger partial charge in [-0.3, -0.25) is 4.90 Å². The fourth-order valence-corrected chi connectivity index (χ4v) is 3.18. The quantitative estimate of drug-likeness (QED) is 0.750. The summed E-state index contributed by atoms with van der Waals surface area (Å²) in [6, 6.07) is 18.2. The van der Waals surface area contributed by atoms with Crippen LogP contribution in [0.2, 0.25) is 0 Å². The van der Waals surface area contributed by atoms with Gasteiger partial charge in [0.15, 0.2) is 0 Å². The average Bonchev–Trinajstić information content (AvgIpc) is 2.73. The van der Waals surface area contributed by atoms with Crippen LogP contribution in [0.5, 0.6) is 5.75 Å². The van der Waals surface area contributed by atoms with Crippen LogP contribution in [0.1, 0.15) is 11.1 Å². The summed E-state index contributed by atoms with van der Waals surface area (Å²) < 4.78 is 5.72. The Bertz CT molecular complexity index is 768. The summed E-state index contributed by atoms with van der Waals surface area (Å²) >= 11 is 0. The molecule has 2 aromatic rings. The zero-order valence-electron chi connectivity index (χ0n) is 16.5. The van der Waals surface area contributed by atoms with Crippen LogP contribution in [-0.2, 0) is 0 Å². The summed E-state index contributed by atoms with van der Waals surface area (Å²) in [5, 5.41) is 2.95. The van der Waals surface area contributed by atoms with Crippen molar-refractivity contribution in [1.29, 1.82) is 0 Å². The Hall–Kier alpha value is -2.79. The smallest absolute Gasteiger partial charge is 0.317 e. The van der Waals surface area contributed by atoms with Crippen molar-refractivity contribution in [2.24, 2.45) is 0 Å². The Labute approximate surface area is 167 Å². The van der Waals surface area contributed by atoms with E-state index in [9.17, 15) is 4.79 Å². The number of piperazine rings is 1. The molecule has 0 atom stereocenters. The Morgan fingerprint density at radius 1 is 1.04 bits per heavy atom. The minimum Gasteiger partial charge on any atom is -0.491 e. The van der Waals surface area contributed by atoms with E-state index in [-0.39, 0.29) is 6.03 Å². The number of carbonyl (C=O) groups is 1. The number of nitrogens with one attached hydrogen (secondary N) is 1. The van der Waals surface area contributed by atoms with Crippen molar-refractivity contribution < 1.29 is 9.53 Å². The van der Waals surface area contributed by atoms with E-state index in [1.165, 1.54) is 5.56 Å². The van der Waals surface area contributed by atoms with Gasteiger partial charge < -0.3 is 15.0 Å². The first kappa shape index (κ1) is 20.0. The maximum Gasteiger partial charge on any atom is 0.317 e. The highest BCUT2D eigenvalue weighted by molar-refractivity contribution is 5.74. The molecule has 2 aromatic carbocycles. The molecular weight excluding hydrogens is 350 g/mol. The summed E-state index contributed by atoms with van der Waals surface area (Å²) in [6.45, 7) is 7.21. The molecule has 0 aromatic heterocycles. The van der Waals surface area contributed by atoms with Gasteiger partial charge in [0.25, 0.3) is 0 Å². The maximum absolute atomic E-state index is 12.3. The Kier molecular flexibility index (Phi) is 7.50. The summed E-state index contributed by atoms with van der Waals surface area (Å²) in [5.41, 5.74) is 2.32. The van der Waals surface area contributed by atoms with Gasteiger partial charge in [-0.15, -0.1) is 0 Å². The van der Waals surface area contributed by atoms with Gasteiger partial charge in [0.2, 0.25) is 0 Å². The third-order valence-electron chi connectivity index (χ3n) is 4.86. The molecule has 0 radical (unpaired) electrons. The fraction of sp³-hybridized carbons (Fsp3) is 0.348. The molecule has 28 heavy (non-hydrogen) atoms. The van der Waals surface area contributed by atoms with Gasteiger partial charge in [-0.05, 0) is 24.1 Å². The monoisotopic (exact) mass is 379 g/mol. The lowest BCUT2D eigenvalue weighted by Crippen LogP contribution is -2.52. The number of carbonyl (C=O) groups excluding carboxylic acids is 1. The zero-order valence-corrected chi connectivity index (χ0v) is 16.5. The van der Waals surface area contributed by atoms with E-state index in [1.54, 1.807) is 0 Å². The first-order valence-corrected chi connectivity index (χ1v) is 9.87. The largest absolute Gasteiger partial charge is 0.491 e. The van der Waals surface area contributed by atoms with E-state index in [1.807, 2.05) is 54.3 Å². The Balaban J connectivity index is 1.31. The second kappa shape index (κ2) is 10.5. The number of rotatable bonds is 7. The first-order chi connectivity index (χ1) is 13.7. The molecule has 5 nitrogen and oxygen atoms in total. The molecule has 1 saturated heterocycles. The molecule has 148 valence electrons. The van der Waals surface area contributed by atoms with Crippen LogP contribution < -0.4 is 10.1 Å². The molecule has 1 fully saturated rings. The van der Waals surface area contributed by atoms with E-state index < -0.39 is 0 Å². The molecule has 0 aliphatic carbocycles. The van der Waals surface area contributed by atoms with Crippen molar-refractivity contribution >= 4 is 12.1 Å². The molecule has 3 rings (SSSR count). The SMILES string of the molecule is Cc1ccccc1OCCNC(=O)N1CCN(C/C=C/c2ccccc2)CC1. The molecule has 5 heteroatoms. The van der Waals surface area contributed by atoms with Crippen LogP contribution in [-0.4, -0.2) is 61.7 Å². The first-order valence-electron chi connectivity index (χ1n) is 9.87. The number of aryl methyl sites for hydroxylation is 1. The summed E-state index contributed by atoms with van der Waals surface area (Å²) in [5.74, 6) is 0.869. The third kappa shape index (κ3) is 6.13. The summed E-state index contributed by atoms with van der Waals surface area (Å²) in [4.78, 5) is 16.6. The molecule has 1 aliphatic heterocycles. The lowest BCUT2D eigenvalue weighted by atomic mass is 10.2. The van der Waals surface area contributed by atoms with Gasteiger partial charge in [-0.25, -0.2) is 4.79 Å². The highest BCUT2D eigenvalue weighted by Gasteiger charge is 2.19. The van der Waals surface area contributed by atoms with Crippen molar-refractivity contribution in [3.63, 3.8) is 0 Å². The van der Waals surface area contributed by atoms with Crippen molar-refractivity contribution in [3.05, 3.63) is 71.8 Å². The number of para-hydroxylation sites is 1. The van der Waals surface area contributed by atoms with Crippen molar-refractivity contribution in [1.82, 2.24) is 15.1 Å². The lowest BCUT2D eigenvalue weighted by Gasteiger charge is -2.34.